The van der Waals surface area contributed by atoms with E-state index in [9.17, 15) is 4.79 Å². The summed E-state index contributed by atoms with van der Waals surface area (Å²) in [5, 5.41) is 0. The lowest BCUT2D eigenvalue weighted by molar-refractivity contribution is -0.138. The molecule has 2 nitrogen and oxygen atoms in total. The van der Waals surface area contributed by atoms with Gasteiger partial charge in [-0.2, -0.15) is 0 Å². The minimum atomic E-state index is -0.0630. The number of hydrogen-bond acceptors (Lipinski definition) is 2. The molecule has 0 rings (SSSR count). The summed E-state index contributed by atoms with van der Waals surface area (Å²) in [7, 11) is 0. The van der Waals surface area contributed by atoms with Crippen molar-refractivity contribution in [3.63, 3.8) is 0 Å². The van der Waals surface area contributed by atoms with E-state index in [0.717, 1.165) is 19.3 Å². The summed E-state index contributed by atoms with van der Waals surface area (Å²) in [5.74, 6) is -0.0630. The minimum Gasteiger partial charge on any atom is -0.435 e. The van der Waals surface area contributed by atoms with Crippen LogP contribution >= 0.6 is 0 Å². The molecule has 0 aromatic heterocycles. The van der Waals surface area contributed by atoms with E-state index in [2.05, 4.69) is 13.8 Å². The molecule has 0 radical (unpaired) electrons. The number of esters is 1. The van der Waals surface area contributed by atoms with E-state index in [4.69, 9.17) is 4.74 Å². The van der Waals surface area contributed by atoms with Crippen LogP contribution in [-0.4, -0.2) is 5.97 Å². The number of unbranched alkanes of at least 4 members (excludes halogenated alkanes) is 26. The van der Waals surface area contributed by atoms with Crippen LogP contribution in [0.25, 0.3) is 0 Å². The molecule has 0 saturated heterocycles. The molecule has 0 heterocycles. The molecule has 36 heavy (non-hydrogen) atoms. The monoisotopic (exact) mass is 507 g/mol. The Balaban J connectivity index is 3.19. The Morgan fingerprint density at radius 3 is 1.11 bits per heavy atom. The minimum absolute atomic E-state index is 0.0630. The average Bonchev–Trinajstić information content (AvgIpc) is 2.88. The number of carbonyl (C=O) groups is 1. The summed E-state index contributed by atoms with van der Waals surface area (Å²) in [5.41, 5.74) is 0. The van der Waals surface area contributed by atoms with Gasteiger partial charge >= 0.3 is 5.97 Å². The van der Waals surface area contributed by atoms with Crippen LogP contribution in [0, 0.1) is 0 Å². The first-order valence-corrected chi connectivity index (χ1v) is 16.7. The highest BCUT2D eigenvalue weighted by atomic mass is 16.5. The lowest BCUT2D eigenvalue weighted by atomic mass is 10.0. The first-order chi connectivity index (χ1) is 17.8. The smallest absolute Gasteiger partial charge is 0.310 e. The maximum Gasteiger partial charge on any atom is 0.310 e. The third-order valence-electron chi connectivity index (χ3n) is 7.50. The number of carbonyl (C=O) groups excluding carboxylic acids is 1. The van der Waals surface area contributed by atoms with E-state index in [-0.39, 0.29) is 5.97 Å². The molecule has 0 fully saturated rings. The van der Waals surface area contributed by atoms with Crippen LogP contribution in [0.3, 0.4) is 0 Å². The van der Waals surface area contributed by atoms with Gasteiger partial charge in [0.25, 0.3) is 0 Å². The molecular weight excluding hydrogens is 440 g/mol. The van der Waals surface area contributed by atoms with Gasteiger partial charge in [-0.1, -0.05) is 174 Å². The number of hydrogen-bond donors (Lipinski definition) is 0. The summed E-state index contributed by atoms with van der Waals surface area (Å²) in [4.78, 5) is 11.8. The fourth-order valence-electron chi connectivity index (χ4n) is 4.99. The van der Waals surface area contributed by atoms with Crippen molar-refractivity contribution in [2.45, 2.75) is 200 Å². The van der Waals surface area contributed by atoms with Gasteiger partial charge < -0.3 is 4.74 Å². The van der Waals surface area contributed by atoms with Crippen molar-refractivity contribution in [1.29, 1.82) is 0 Å². The molecule has 214 valence electrons. The average molecular weight is 507 g/mol. The number of ether oxygens (including phenoxy) is 1. The fraction of sp³-hybridized carbons (Fsp3) is 0.912. The third kappa shape index (κ3) is 31.2. The molecule has 0 amide bonds. The molecule has 0 aromatic carbocycles. The zero-order chi connectivity index (χ0) is 26.2. The molecule has 0 N–H and O–H groups in total. The molecule has 0 aromatic rings. The number of rotatable bonds is 30. The molecule has 2 heteroatoms. The molecular formula is C34H66O2. The van der Waals surface area contributed by atoms with Crippen molar-refractivity contribution in [3.8, 4) is 0 Å². The maximum atomic E-state index is 11.8. The summed E-state index contributed by atoms with van der Waals surface area (Å²) >= 11 is 0. The van der Waals surface area contributed by atoms with E-state index < -0.39 is 0 Å². The van der Waals surface area contributed by atoms with Gasteiger partial charge in [0.05, 0.1) is 6.26 Å². The van der Waals surface area contributed by atoms with Crippen molar-refractivity contribution in [1.82, 2.24) is 0 Å². The Morgan fingerprint density at radius 2 is 0.750 bits per heavy atom. The van der Waals surface area contributed by atoms with Gasteiger partial charge in [-0.3, -0.25) is 4.79 Å². The lowest BCUT2D eigenvalue weighted by Gasteiger charge is -2.03. The van der Waals surface area contributed by atoms with Gasteiger partial charge in [0.2, 0.25) is 0 Å². The van der Waals surface area contributed by atoms with E-state index in [1.165, 1.54) is 161 Å². The van der Waals surface area contributed by atoms with Crippen LogP contribution in [0.2, 0.25) is 0 Å². The molecule has 0 saturated carbocycles. The van der Waals surface area contributed by atoms with Gasteiger partial charge in [0.1, 0.15) is 0 Å². The zero-order valence-electron chi connectivity index (χ0n) is 25.0. The Hall–Kier alpha value is -0.790. The standard InChI is InChI=1S/C34H66O2/c1-3-5-7-9-11-13-14-15-16-17-18-19-20-21-22-23-25-27-29-31-33-36-34(35)32-30-28-26-24-12-10-8-6-4-2/h31,33H,3-30,32H2,1-2H3. The predicted molar refractivity (Wildman–Crippen MR) is 160 cm³/mol. The second-order valence-corrected chi connectivity index (χ2v) is 11.2. The molecule has 0 spiro atoms. The van der Waals surface area contributed by atoms with E-state index in [1.54, 1.807) is 6.26 Å². The summed E-state index contributed by atoms with van der Waals surface area (Å²) in [6.45, 7) is 4.55. The molecule has 0 aliphatic heterocycles. The highest BCUT2D eigenvalue weighted by Gasteiger charge is 2.00. The topological polar surface area (TPSA) is 26.3 Å². The summed E-state index contributed by atoms with van der Waals surface area (Å²) < 4.78 is 5.23. The molecule has 0 bridgehead atoms. The van der Waals surface area contributed by atoms with Crippen molar-refractivity contribution >= 4 is 5.97 Å². The van der Waals surface area contributed by atoms with Crippen molar-refractivity contribution < 1.29 is 9.53 Å². The van der Waals surface area contributed by atoms with Crippen molar-refractivity contribution in [2.75, 3.05) is 0 Å². The number of allylic oxidation sites excluding steroid dienone is 1. The van der Waals surface area contributed by atoms with Gasteiger partial charge in [0, 0.05) is 6.42 Å². The highest BCUT2D eigenvalue weighted by Crippen LogP contribution is 2.15. The zero-order valence-corrected chi connectivity index (χ0v) is 25.0. The maximum absolute atomic E-state index is 11.8. The van der Waals surface area contributed by atoms with Gasteiger partial charge in [0.15, 0.2) is 0 Å². The Kier molecular flexibility index (Phi) is 31.5. The Morgan fingerprint density at radius 1 is 0.444 bits per heavy atom. The van der Waals surface area contributed by atoms with E-state index in [1.807, 2.05) is 6.08 Å². The van der Waals surface area contributed by atoms with Crippen LogP contribution in [0.15, 0.2) is 12.3 Å². The molecule has 0 unspecified atom stereocenters. The van der Waals surface area contributed by atoms with E-state index >= 15 is 0 Å². The van der Waals surface area contributed by atoms with Gasteiger partial charge in [-0.05, 0) is 25.3 Å². The lowest BCUT2D eigenvalue weighted by Crippen LogP contribution is -1.98. The Bertz CT molecular complexity index is 442. The van der Waals surface area contributed by atoms with Gasteiger partial charge in [-0.15, -0.1) is 0 Å². The van der Waals surface area contributed by atoms with Crippen LogP contribution in [0.5, 0.6) is 0 Å². The largest absolute Gasteiger partial charge is 0.435 e. The first-order valence-electron chi connectivity index (χ1n) is 16.7. The fourth-order valence-corrected chi connectivity index (χ4v) is 4.99. The second-order valence-electron chi connectivity index (χ2n) is 11.2. The first kappa shape index (κ1) is 35.2. The highest BCUT2D eigenvalue weighted by molar-refractivity contribution is 5.69. The van der Waals surface area contributed by atoms with Crippen LogP contribution in [0.1, 0.15) is 200 Å². The molecule has 0 atom stereocenters. The third-order valence-corrected chi connectivity index (χ3v) is 7.50. The SMILES string of the molecule is CCCCCCCCCCCCCCCCCCCCC=COC(=O)CCCCCCCCCCC. The predicted octanol–water partition coefficient (Wildman–Crippen LogP) is 12.4. The van der Waals surface area contributed by atoms with Crippen molar-refractivity contribution in [3.05, 3.63) is 12.3 Å². The molecule has 0 aliphatic carbocycles. The quantitative estimate of drug-likeness (QED) is 0.0550. The van der Waals surface area contributed by atoms with Crippen LogP contribution < -0.4 is 0 Å². The summed E-state index contributed by atoms with van der Waals surface area (Å²) in [6, 6.07) is 0. The second kappa shape index (κ2) is 32.2. The summed E-state index contributed by atoms with van der Waals surface area (Å²) in [6.07, 6.45) is 42.2. The molecule has 0 aliphatic rings. The van der Waals surface area contributed by atoms with Gasteiger partial charge in [-0.25, -0.2) is 0 Å². The van der Waals surface area contributed by atoms with Crippen LogP contribution in [-0.2, 0) is 9.53 Å². The van der Waals surface area contributed by atoms with E-state index in [0.29, 0.717) is 6.42 Å². The van der Waals surface area contributed by atoms with Crippen molar-refractivity contribution in [2.24, 2.45) is 0 Å². The Labute approximate surface area is 227 Å². The normalized spacial score (nSPS) is 11.5. The van der Waals surface area contributed by atoms with Crippen LogP contribution in [0.4, 0.5) is 0 Å².